The van der Waals surface area contributed by atoms with E-state index in [-0.39, 0.29) is 0 Å². The Kier molecular flexibility index (Phi) is 11.5. The summed E-state index contributed by atoms with van der Waals surface area (Å²) in [5, 5.41) is 0. The Balaban J connectivity index is 1.82. The van der Waals surface area contributed by atoms with Gasteiger partial charge in [0.15, 0.2) is 0 Å². The van der Waals surface area contributed by atoms with Crippen molar-refractivity contribution < 1.29 is 4.74 Å². The quantitative estimate of drug-likeness (QED) is 0.281. The minimum Gasteiger partial charge on any atom is -0.493 e. The van der Waals surface area contributed by atoms with Crippen molar-refractivity contribution in [3.63, 3.8) is 0 Å². The number of aryl methyl sites for hydroxylation is 1. The van der Waals surface area contributed by atoms with Crippen LogP contribution in [0.4, 0.5) is 0 Å². The molecule has 154 valence electrons. The topological polar surface area (TPSA) is 9.23 Å². The lowest BCUT2D eigenvalue weighted by molar-refractivity contribution is 0.306. The zero-order chi connectivity index (χ0) is 19.9. The summed E-state index contributed by atoms with van der Waals surface area (Å²) in [6.07, 6.45) is 15.7. The highest BCUT2D eigenvalue weighted by Gasteiger charge is 2.06. The number of rotatable bonds is 15. The second-order valence-corrected chi connectivity index (χ2v) is 7.97. The zero-order valence-corrected chi connectivity index (χ0v) is 18.2. The van der Waals surface area contributed by atoms with Crippen molar-refractivity contribution in [1.82, 2.24) is 0 Å². The van der Waals surface area contributed by atoms with Crippen molar-refractivity contribution in [3.05, 3.63) is 54.1 Å². The fourth-order valence-electron chi connectivity index (χ4n) is 3.68. The van der Waals surface area contributed by atoms with E-state index in [0.717, 1.165) is 18.8 Å². The van der Waals surface area contributed by atoms with E-state index in [1.54, 1.807) is 0 Å². The Labute approximate surface area is 173 Å². The molecule has 0 atom stereocenters. The molecule has 2 aromatic carbocycles. The lowest BCUT2D eigenvalue weighted by Crippen LogP contribution is -1.99. The Morgan fingerprint density at radius 1 is 0.607 bits per heavy atom. The number of para-hydroxylation sites is 1. The molecule has 0 saturated heterocycles. The Morgan fingerprint density at radius 3 is 1.93 bits per heavy atom. The predicted octanol–water partition coefficient (Wildman–Crippen LogP) is 8.61. The molecule has 0 spiro atoms. The number of unbranched alkanes of at least 4 members (excludes halogenated alkanes) is 9. The van der Waals surface area contributed by atoms with Crippen LogP contribution in [0.15, 0.2) is 48.5 Å². The van der Waals surface area contributed by atoms with Crippen LogP contribution in [-0.4, -0.2) is 6.61 Å². The average Bonchev–Trinajstić information content (AvgIpc) is 2.74. The fourth-order valence-corrected chi connectivity index (χ4v) is 3.68. The summed E-state index contributed by atoms with van der Waals surface area (Å²) in [5.41, 5.74) is 3.92. The van der Waals surface area contributed by atoms with Gasteiger partial charge in [0, 0.05) is 5.56 Å². The smallest absolute Gasteiger partial charge is 0.127 e. The van der Waals surface area contributed by atoms with E-state index in [1.807, 2.05) is 0 Å². The van der Waals surface area contributed by atoms with Crippen molar-refractivity contribution in [1.29, 1.82) is 0 Å². The highest BCUT2D eigenvalue weighted by molar-refractivity contribution is 5.70. The molecule has 0 N–H and O–H groups in total. The minimum atomic E-state index is 0.816. The minimum absolute atomic E-state index is 0.816. The number of ether oxygens (including phenoxy) is 1. The molecule has 0 aliphatic heterocycles. The monoisotopic (exact) mass is 380 g/mol. The zero-order valence-electron chi connectivity index (χ0n) is 18.2. The van der Waals surface area contributed by atoms with Gasteiger partial charge in [-0.25, -0.2) is 0 Å². The van der Waals surface area contributed by atoms with E-state index in [0.29, 0.717) is 0 Å². The molecule has 0 amide bonds. The molecule has 0 bridgehead atoms. The van der Waals surface area contributed by atoms with Crippen LogP contribution in [0.25, 0.3) is 11.1 Å². The van der Waals surface area contributed by atoms with Gasteiger partial charge in [-0.1, -0.05) is 114 Å². The first kappa shape index (κ1) is 22.5. The lowest BCUT2D eigenvalue weighted by Gasteiger charge is -2.12. The Morgan fingerprint density at radius 2 is 1.21 bits per heavy atom. The maximum Gasteiger partial charge on any atom is 0.127 e. The molecule has 0 radical (unpaired) electrons. The summed E-state index contributed by atoms with van der Waals surface area (Å²) in [6, 6.07) is 17.6. The van der Waals surface area contributed by atoms with Crippen LogP contribution in [0.1, 0.15) is 90.0 Å². The second-order valence-electron chi connectivity index (χ2n) is 7.97. The summed E-state index contributed by atoms with van der Waals surface area (Å²) in [4.78, 5) is 0. The first-order chi connectivity index (χ1) is 13.8. The third kappa shape index (κ3) is 8.50. The van der Waals surface area contributed by atoms with Crippen LogP contribution >= 0.6 is 0 Å². The summed E-state index contributed by atoms with van der Waals surface area (Å²) >= 11 is 0. The molecule has 1 nitrogen and oxygen atoms in total. The normalized spacial score (nSPS) is 10.9. The van der Waals surface area contributed by atoms with Crippen molar-refractivity contribution in [2.45, 2.75) is 90.9 Å². The molecule has 0 aromatic heterocycles. The van der Waals surface area contributed by atoms with Crippen molar-refractivity contribution in [2.75, 3.05) is 6.61 Å². The molecule has 0 aliphatic rings. The Hall–Kier alpha value is -1.76. The first-order valence-corrected chi connectivity index (χ1v) is 11.7. The standard InChI is InChI=1S/C27H40O/c1-3-5-7-9-10-12-16-24-19-21-25(22-20-24)26-17-13-14-18-27(26)28-23-15-11-8-6-4-2/h13-14,17-22H,3-12,15-16,23H2,1-2H3. The van der Waals surface area contributed by atoms with Gasteiger partial charge in [-0.2, -0.15) is 0 Å². The molecule has 2 aromatic rings. The van der Waals surface area contributed by atoms with E-state index < -0.39 is 0 Å². The van der Waals surface area contributed by atoms with Gasteiger partial charge in [0.2, 0.25) is 0 Å². The predicted molar refractivity (Wildman–Crippen MR) is 123 cm³/mol. The average molecular weight is 381 g/mol. The fraction of sp³-hybridized carbons (Fsp3) is 0.556. The van der Waals surface area contributed by atoms with Gasteiger partial charge in [-0.3, -0.25) is 0 Å². The van der Waals surface area contributed by atoms with E-state index in [2.05, 4.69) is 62.4 Å². The summed E-state index contributed by atoms with van der Waals surface area (Å²) in [5.74, 6) is 1.02. The van der Waals surface area contributed by atoms with Crippen LogP contribution in [0, 0.1) is 0 Å². The second kappa shape index (κ2) is 14.3. The van der Waals surface area contributed by atoms with E-state index in [4.69, 9.17) is 4.74 Å². The molecule has 1 heteroatoms. The third-order valence-electron chi connectivity index (χ3n) is 5.48. The highest BCUT2D eigenvalue weighted by atomic mass is 16.5. The van der Waals surface area contributed by atoms with Crippen LogP contribution in [0.3, 0.4) is 0 Å². The summed E-state index contributed by atoms with van der Waals surface area (Å²) in [6.45, 7) is 5.35. The van der Waals surface area contributed by atoms with Gasteiger partial charge >= 0.3 is 0 Å². The lowest BCUT2D eigenvalue weighted by atomic mass is 10.00. The largest absolute Gasteiger partial charge is 0.493 e. The SMILES string of the molecule is CCCCCCCCc1ccc(-c2ccccc2OCCCCCCC)cc1. The molecular weight excluding hydrogens is 340 g/mol. The van der Waals surface area contributed by atoms with Crippen molar-refractivity contribution in [2.24, 2.45) is 0 Å². The maximum atomic E-state index is 6.11. The first-order valence-electron chi connectivity index (χ1n) is 11.7. The maximum absolute atomic E-state index is 6.11. The molecule has 0 fully saturated rings. The van der Waals surface area contributed by atoms with Crippen molar-refractivity contribution in [3.8, 4) is 16.9 Å². The van der Waals surface area contributed by atoms with Gasteiger partial charge in [0.05, 0.1) is 6.61 Å². The molecular formula is C27H40O. The molecule has 0 unspecified atom stereocenters. The molecule has 2 rings (SSSR count). The molecule has 0 aliphatic carbocycles. The van der Waals surface area contributed by atoms with Gasteiger partial charge < -0.3 is 4.74 Å². The van der Waals surface area contributed by atoms with Gasteiger partial charge in [-0.05, 0) is 36.5 Å². The van der Waals surface area contributed by atoms with Crippen molar-refractivity contribution >= 4 is 0 Å². The van der Waals surface area contributed by atoms with Crippen LogP contribution in [-0.2, 0) is 6.42 Å². The van der Waals surface area contributed by atoms with Crippen LogP contribution < -0.4 is 4.74 Å². The van der Waals surface area contributed by atoms with E-state index in [1.165, 1.54) is 87.3 Å². The third-order valence-corrected chi connectivity index (χ3v) is 5.48. The number of hydrogen-bond donors (Lipinski definition) is 0. The molecule has 0 heterocycles. The van der Waals surface area contributed by atoms with Gasteiger partial charge in [0.1, 0.15) is 5.75 Å². The van der Waals surface area contributed by atoms with Crippen LogP contribution in [0.5, 0.6) is 5.75 Å². The van der Waals surface area contributed by atoms with E-state index >= 15 is 0 Å². The molecule has 0 saturated carbocycles. The Bertz CT molecular complexity index is 629. The molecule has 28 heavy (non-hydrogen) atoms. The highest BCUT2D eigenvalue weighted by Crippen LogP contribution is 2.30. The van der Waals surface area contributed by atoms with Gasteiger partial charge in [0.25, 0.3) is 0 Å². The number of benzene rings is 2. The van der Waals surface area contributed by atoms with Crippen LogP contribution in [0.2, 0.25) is 0 Å². The summed E-state index contributed by atoms with van der Waals surface area (Å²) < 4.78 is 6.11. The van der Waals surface area contributed by atoms with E-state index in [9.17, 15) is 0 Å². The summed E-state index contributed by atoms with van der Waals surface area (Å²) in [7, 11) is 0. The number of hydrogen-bond acceptors (Lipinski definition) is 1. The van der Waals surface area contributed by atoms with Gasteiger partial charge in [-0.15, -0.1) is 0 Å².